The summed E-state index contributed by atoms with van der Waals surface area (Å²) in [6.45, 7) is 3.52. The van der Waals surface area contributed by atoms with Gasteiger partial charge < -0.3 is 20.1 Å². The number of allylic oxidation sites excluding steroid dienone is 4. The minimum absolute atomic E-state index is 0.0791. The fourth-order valence-electron chi connectivity index (χ4n) is 5.53. The van der Waals surface area contributed by atoms with Gasteiger partial charge in [-0.2, -0.15) is 0 Å². The van der Waals surface area contributed by atoms with Crippen LogP contribution in [0, 0.1) is 0 Å². The largest absolute Gasteiger partial charge is 0.472 e. The highest BCUT2D eigenvalue weighted by Gasteiger charge is 2.23. The van der Waals surface area contributed by atoms with E-state index < -0.39 is 26.5 Å². The summed E-state index contributed by atoms with van der Waals surface area (Å²) in [5.41, 5.74) is 0. The van der Waals surface area contributed by atoms with Crippen molar-refractivity contribution < 1.29 is 37.9 Å². The predicted molar refractivity (Wildman–Crippen MR) is 206 cm³/mol. The van der Waals surface area contributed by atoms with Gasteiger partial charge in [0.15, 0.2) is 0 Å². The Kier molecular flexibility index (Phi) is 36.1. The zero-order chi connectivity index (χ0) is 36.8. The van der Waals surface area contributed by atoms with Crippen molar-refractivity contribution in [1.82, 2.24) is 5.32 Å². The Morgan fingerprint density at radius 2 is 1.08 bits per heavy atom. The van der Waals surface area contributed by atoms with Crippen LogP contribution in [-0.2, 0) is 27.9 Å². The van der Waals surface area contributed by atoms with Gasteiger partial charge in [-0.05, 0) is 44.9 Å². The SMILES string of the molecule is CCCCCC/C=C\C/C=C\CCCCCCCCCC(=O)NCCOP(=O)(O)OCC(O)COC(=O)CCCCCCCCCCCCC. The molecule has 3 N–H and O–H groups in total. The van der Waals surface area contributed by atoms with Gasteiger partial charge >= 0.3 is 13.8 Å². The molecule has 0 rings (SSSR count). The van der Waals surface area contributed by atoms with E-state index in [9.17, 15) is 24.2 Å². The molecule has 0 spiro atoms. The molecule has 0 aromatic rings. The number of rotatable bonds is 38. The molecule has 0 radical (unpaired) electrons. The van der Waals surface area contributed by atoms with Crippen LogP contribution in [0.5, 0.6) is 0 Å². The Bertz CT molecular complexity index is 881. The molecule has 294 valence electrons. The van der Waals surface area contributed by atoms with Gasteiger partial charge in [0.25, 0.3) is 0 Å². The van der Waals surface area contributed by atoms with Crippen LogP contribution in [0.3, 0.4) is 0 Å². The van der Waals surface area contributed by atoms with Crippen molar-refractivity contribution in [3.8, 4) is 0 Å². The molecular formula is C40H76NO8P. The van der Waals surface area contributed by atoms with Crippen molar-refractivity contribution in [2.45, 2.75) is 193 Å². The summed E-state index contributed by atoms with van der Waals surface area (Å²) < 4.78 is 26.8. The van der Waals surface area contributed by atoms with E-state index in [-0.39, 0.29) is 32.1 Å². The summed E-state index contributed by atoms with van der Waals surface area (Å²) in [6.07, 6.45) is 38.2. The number of unbranched alkanes of at least 4 members (excludes halogenated alkanes) is 21. The van der Waals surface area contributed by atoms with E-state index in [1.165, 1.54) is 109 Å². The third-order valence-corrected chi connectivity index (χ3v) is 9.62. The Labute approximate surface area is 306 Å². The third-order valence-electron chi connectivity index (χ3n) is 8.63. The highest BCUT2D eigenvalue weighted by molar-refractivity contribution is 7.47. The van der Waals surface area contributed by atoms with Crippen LogP contribution in [0.15, 0.2) is 24.3 Å². The number of phosphoric acid groups is 1. The first-order valence-corrected chi connectivity index (χ1v) is 21.8. The number of esters is 1. The van der Waals surface area contributed by atoms with Crippen molar-refractivity contribution in [3.63, 3.8) is 0 Å². The minimum atomic E-state index is -4.41. The molecule has 0 aromatic carbocycles. The van der Waals surface area contributed by atoms with Gasteiger partial charge in [0, 0.05) is 19.4 Å². The number of nitrogens with one attached hydrogen (secondary N) is 1. The van der Waals surface area contributed by atoms with E-state index in [0.717, 1.165) is 51.4 Å². The molecule has 0 bridgehead atoms. The topological polar surface area (TPSA) is 131 Å². The summed E-state index contributed by atoms with van der Waals surface area (Å²) in [5.74, 6) is -0.522. The molecule has 10 heteroatoms. The first kappa shape index (κ1) is 48.5. The van der Waals surface area contributed by atoms with Gasteiger partial charge in [-0.25, -0.2) is 4.57 Å². The number of aliphatic hydroxyl groups excluding tert-OH is 1. The van der Waals surface area contributed by atoms with Crippen molar-refractivity contribution in [1.29, 1.82) is 0 Å². The van der Waals surface area contributed by atoms with Crippen molar-refractivity contribution in [3.05, 3.63) is 24.3 Å². The predicted octanol–water partition coefficient (Wildman–Crippen LogP) is 10.8. The number of carbonyl (C=O) groups excluding carboxylic acids is 2. The third kappa shape index (κ3) is 37.7. The lowest BCUT2D eigenvalue weighted by Crippen LogP contribution is -2.27. The molecule has 1 amide bonds. The second-order valence-corrected chi connectivity index (χ2v) is 15.1. The summed E-state index contributed by atoms with van der Waals surface area (Å²) in [5, 5.41) is 12.6. The molecule has 0 aromatic heterocycles. The van der Waals surface area contributed by atoms with Crippen LogP contribution >= 0.6 is 7.82 Å². The highest BCUT2D eigenvalue weighted by Crippen LogP contribution is 2.42. The van der Waals surface area contributed by atoms with Crippen LogP contribution in [-0.4, -0.2) is 54.3 Å². The number of amides is 1. The van der Waals surface area contributed by atoms with E-state index in [1.807, 2.05) is 0 Å². The molecule has 0 aliphatic rings. The standard InChI is InChI=1S/C40H76NO8P/c1-3-5-7-9-11-13-15-16-17-18-19-20-21-23-24-26-28-30-32-39(43)41-34-35-48-50(45,46)49-37-38(42)36-47-40(44)33-31-29-27-25-22-14-12-10-8-6-4-2/h13,15,17-18,38,42H,3-12,14,16,19-37H2,1-2H3,(H,41,43)(H,45,46)/b15-13-,18-17-. The number of aliphatic hydroxyl groups is 1. The van der Waals surface area contributed by atoms with Gasteiger partial charge in [-0.3, -0.25) is 18.6 Å². The lowest BCUT2D eigenvalue weighted by atomic mass is 10.1. The van der Waals surface area contributed by atoms with Crippen LogP contribution in [0.1, 0.15) is 187 Å². The zero-order valence-electron chi connectivity index (χ0n) is 32.1. The molecule has 2 unspecified atom stereocenters. The summed E-state index contributed by atoms with van der Waals surface area (Å²) in [4.78, 5) is 33.8. The average Bonchev–Trinajstić information content (AvgIpc) is 3.10. The van der Waals surface area contributed by atoms with Crippen LogP contribution in [0.4, 0.5) is 0 Å². The van der Waals surface area contributed by atoms with Crippen LogP contribution in [0.2, 0.25) is 0 Å². The van der Waals surface area contributed by atoms with Crippen LogP contribution < -0.4 is 5.32 Å². The van der Waals surface area contributed by atoms with Gasteiger partial charge in [0.05, 0.1) is 13.2 Å². The Morgan fingerprint density at radius 3 is 1.62 bits per heavy atom. The van der Waals surface area contributed by atoms with E-state index in [0.29, 0.717) is 6.42 Å². The number of hydrogen-bond donors (Lipinski definition) is 3. The second kappa shape index (κ2) is 37.3. The number of carbonyl (C=O) groups is 2. The maximum atomic E-state index is 12.1. The fourth-order valence-corrected chi connectivity index (χ4v) is 6.28. The van der Waals surface area contributed by atoms with Gasteiger partial charge in [0.2, 0.25) is 5.91 Å². The molecule has 0 heterocycles. The Morgan fingerprint density at radius 1 is 0.620 bits per heavy atom. The molecule has 0 fully saturated rings. The first-order chi connectivity index (χ1) is 24.3. The van der Waals surface area contributed by atoms with Gasteiger partial charge in [0.1, 0.15) is 12.7 Å². The average molecular weight is 730 g/mol. The maximum Gasteiger partial charge on any atom is 0.472 e. The molecule has 9 nitrogen and oxygen atoms in total. The fraction of sp³-hybridized carbons (Fsp3) is 0.850. The Balaban J connectivity index is 3.61. The number of ether oxygens (including phenoxy) is 1. The molecule has 2 atom stereocenters. The Hall–Kier alpha value is -1.51. The summed E-state index contributed by atoms with van der Waals surface area (Å²) in [6, 6.07) is 0. The van der Waals surface area contributed by atoms with E-state index in [4.69, 9.17) is 13.8 Å². The second-order valence-electron chi connectivity index (χ2n) is 13.6. The van der Waals surface area contributed by atoms with E-state index in [2.05, 4.69) is 43.5 Å². The van der Waals surface area contributed by atoms with Crippen molar-refractivity contribution >= 4 is 19.7 Å². The van der Waals surface area contributed by atoms with Crippen molar-refractivity contribution in [2.24, 2.45) is 0 Å². The summed E-state index contributed by atoms with van der Waals surface area (Å²) in [7, 11) is -4.41. The molecule has 50 heavy (non-hydrogen) atoms. The molecule has 0 aliphatic heterocycles. The van der Waals surface area contributed by atoms with Crippen LogP contribution in [0.25, 0.3) is 0 Å². The zero-order valence-corrected chi connectivity index (χ0v) is 33.0. The number of hydrogen-bond acceptors (Lipinski definition) is 7. The molecule has 0 saturated heterocycles. The quantitative estimate of drug-likeness (QED) is 0.0248. The van der Waals surface area contributed by atoms with Crippen molar-refractivity contribution in [2.75, 3.05) is 26.4 Å². The number of phosphoric ester groups is 1. The molecular weight excluding hydrogens is 653 g/mol. The minimum Gasteiger partial charge on any atom is -0.463 e. The first-order valence-electron chi connectivity index (χ1n) is 20.3. The van der Waals surface area contributed by atoms with E-state index >= 15 is 0 Å². The monoisotopic (exact) mass is 730 g/mol. The lowest BCUT2D eigenvalue weighted by Gasteiger charge is -2.15. The normalized spacial score (nSPS) is 13.6. The molecule has 0 saturated carbocycles. The van der Waals surface area contributed by atoms with E-state index in [1.54, 1.807) is 0 Å². The maximum absolute atomic E-state index is 12.1. The lowest BCUT2D eigenvalue weighted by molar-refractivity contribution is -0.147. The van der Waals surface area contributed by atoms with Gasteiger partial charge in [-0.1, -0.05) is 154 Å². The highest BCUT2D eigenvalue weighted by atomic mass is 31.2. The summed E-state index contributed by atoms with van der Waals surface area (Å²) >= 11 is 0. The molecule has 0 aliphatic carbocycles. The van der Waals surface area contributed by atoms with Gasteiger partial charge in [-0.15, -0.1) is 0 Å². The smallest absolute Gasteiger partial charge is 0.463 e.